The van der Waals surface area contributed by atoms with E-state index in [-0.39, 0.29) is 11.9 Å². The van der Waals surface area contributed by atoms with Crippen LogP contribution in [0.1, 0.15) is 28.3 Å². The molecule has 0 spiro atoms. The zero-order valence-corrected chi connectivity index (χ0v) is 19.4. The van der Waals surface area contributed by atoms with Gasteiger partial charge in [0.1, 0.15) is 15.8 Å². The first-order chi connectivity index (χ1) is 14.9. The number of aryl methyl sites for hydroxylation is 1. The smallest absolute Gasteiger partial charge is 0.267 e. The molecule has 3 aromatic carbocycles. The Morgan fingerprint density at radius 2 is 1.81 bits per heavy atom. The molecular formula is C24H15Cl2NO2S2. The van der Waals surface area contributed by atoms with Crippen LogP contribution in [0.5, 0.6) is 11.5 Å². The van der Waals surface area contributed by atoms with E-state index in [0.717, 1.165) is 33.8 Å². The lowest BCUT2D eigenvalue weighted by Crippen LogP contribution is -2.35. The fourth-order valence-electron chi connectivity index (χ4n) is 3.84. The van der Waals surface area contributed by atoms with Gasteiger partial charge in [0.25, 0.3) is 5.91 Å². The van der Waals surface area contributed by atoms with E-state index in [1.165, 1.54) is 11.8 Å². The van der Waals surface area contributed by atoms with E-state index in [0.29, 0.717) is 19.3 Å². The number of hydrogen-bond acceptors (Lipinski definition) is 4. The van der Waals surface area contributed by atoms with Crippen molar-refractivity contribution in [3.8, 4) is 11.5 Å². The van der Waals surface area contributed by atoms with Gasteiger partial charge in [0.05, 0.1) is 21.0 Å². The van der Waals surface area contributed by atoms with E-state index in [1.807, 2.05) is 55.5 Å². The Bertz CT molecular complexity index is 1290. The maximum Gasteiger partial charge on any atom is 0.267 e. The minimum Gasteiger partial charge on any atom is -0.456 e. The number of para-hydroxylation sites is 2. The number of fused-ring (bicyclic) bond motifs is 2. The van der Waals surface area contributed by atoms with Crippen LogP contribution in [0.4, 0.5) is 0 Å². The maximum atomic E-state index is 13.5. The minimum absolute atomic E-state index is 0.143. The Hall–Kier alpha value is -2.31. The third kappa shape index (κ3) is 3.56. The number of halogens is 2. The van der Waals surface area contributed by atoms with Gasteiger partial charge in [-0.3, -0.25) is 9.69 Å². The summed E-state index contributed by atoms with van der Waals surface area (Å²) in [6.45, 7) is 2.00. The Kier molecular flexibility index (Phi) is 5.30. The van der Waals surface area contributed by atoms with Gasteiger partial charge in [-0.1, -0.05) is 89.6 Å². The van der Waals surface area contributed by atoms with Crippen molar-refractivity contribution in [1.82, 2.24) is 4.90 Å². The Morgan fingerprint density at radius 3 is 2.61 bits per heavy atom. The van der Waals surface area contributed by atoms with Gasteiger partial charge in [0, 0.05) is 11.1 Å². The molecule has 2 heterocycles. The SMILES string of the molecule is Cc1cccc2c1Oc1ccccc1[C@H]2N1C(=O)/C(=C/c2ccc(Cl)c(Cl)c2)SC1=S. The predicted octanol–water partition coefficient (Wildman–Crippen LogP) is 7.40. The third-order valence-electron chi connectivity index (χ3n) is 5.29. The Labute approximate surface area is 199 Å². The van der Waals surface area contributed by atoms with E-state index < -0.39 is 0 Å². The van der Waals surface area contributed by atoms with Gasteiger partial charge in [0.15, 0.2) is 0 Å². The van der Waals surface area contributed by atoms with Crippen molar-refractivity contribution in [3.63, 3.8) is 0 Å². The van der Waals surface area contributed by atoms with E-state index >= 15 is 0 Å². The molecule has 3 nitrogen and oxygen atoms in total. The molecule has 0 saturated carbocycles. The predicted molar refractivity (Wildman–Crippen MR) is 131 cm³/mol. The number of amides is 1. The molecule has 3 aromatic rings. The van der Waals surface area contributed by atoms with Crippen LogP contribution in [-0.4, -0.2) is 15.1 Å². The lowest BCUT2D eigenvalue weighted by molar-refractivity contribution is -0.123. The van der Waals surface area contributed by atoms with E-state index in [4.69, 9.17) is 40.2 Å². The number of hydrogen-bond donors (Lipinski definition) is 0. The normalized spacial score (nSPS) is 18.7. The summed E-state index contributed by atoms with van der Waals surface area (Å²) in [6.07, 6.45) is 1.80. The second-order valence-electron chi connectivity index (χ2n) is 7.26. The van der Waals surface area contributed by atoms with Crippen molar-refractivity contribution in [2.45, 2.75) is 13.0 Å². The fourth-order valence-corrected chi connectivity index (χ4v) is 5.46. The first-order valence-corrected chi connectivity index (χ1v) is 11.5. The molecule has 154 valence electrons. The van der Waals surface area contributed by atoms with Crippen molar-refractivity contribution < 1.29 is 9.53 Å². The number of carbonyl (C=O) groups excluding carboxylic acids is 1. The number of rotatable bonds is 2. The van der Waals surface area contributed by atoms with E-state index in [1.54, 1.807) is 23.1 Å². The highest BCUT2D eigenvalue weighted by molar-refractivity contribution is 8.26. The van der Waals surface area contributed by atoms with Gasteiger partial charge >= 0.3 is 0 Å². The summed E-state index contributed by atoms with van der Waals surface area (Å²) in [6, 6.07) is 18.6. The lowest BCUT2D eigenvalue weighted by Gasteiger charge is -2.34. The van der Waals surface area contributed by atoms with Crippen LogP contribution in [0.25, 0.3) is 6.08 Å². The summed E-state index contributed by atoms with van der Waals surface area (Å²) in [5.41, 5.74) is 3.63. The molecule has 0 N–H and O–H groups in total. The second-order valence-corrected chi connectivity index (χ2v) is 9.75. The van der Waals surface area contributed by atoms with Gasteiger partial charge in [-0.15, -0.1) is 0 Å². The highest BCUT2D eigenvalue weighted by Crippen LogP contribution is 2.50. The molecule has 0 aliphatic carbocycles. The van der Waals surface area contributed by atoms with Crippen molar-refractivity contribution in [3.05, 3.63) is 97.9 Å². The lowest BCUT2D eigenvalue weighted by atomic mass is 9.92. The second kappa shape index (κ2) is 7.99. The first-order valence-electron chi connectivity index (χ1n) is 9.52. The molecular weight excluding hydrogens is 469 g/mol. The molecule has 0 radical (unpaired) electrons. The molecule has 1 fully saturated rings. The highest BCUT2D eigenvalue weighted by atomic mass is 35.5. The highest BCUT2D eigenvalue weighted by Gasteiger charge is 2.42. The van der Waals surface area contributed by atoms with Gasteiger partial charge in [-0.25, -0.2) is 0 Å². The summed E-state index contributed by atoms with van der Waals surface area (Å²) in [7, 11) is 0. The number of thiocarbonyl (C=S) groups is 1. The fraction of sp³-hybridized carbons (Fsp3) is 0.0833. The molecule has 0 unspecified atom stereocenters. The van der Waals surface area contributed by atoms with Crippen molar-refractivity contribution in [2.24, 2.45) is 0 Å². The average molecular weight is 484 g/mol. The molecule has 31 heavy (non-hydrogen) atoms. The van der Waals surface area contributed by atoms with E-state index in [2.05, 4.69) is 0 Å². The summed E-state index contributed by atoms with van der Waals surface area (Å²) in [4.78, 5) is 15.8. The van der Waals surface area contributed by atoms with Crippen LogP contribution in [-0.2, 0) is 4.79 Å². The minimum atomic E-state index is -0.355. The maximum absolute atomic E-state index is 13.5. The number of ether oxygens (including phenoxy) is 1. The Morgan fingerprint density at radius 1 is 1.03 bits per heavy atom. The van der Waals surface area contributed by atoms with Crippen LogP contribution < -0.4 is 4.74 Å². The van der Waals surface area contributed by atoms with Gasteiger partial charge in [0.2, 0.25) is 0 Å². The van der Waals surface area contributed by atoms with Crippen LogP contribution in [0, 0.1) is 6.92 Å². The molecule has 5 rings (SSSR count). The summed E-state index contributed by atoms with van der Waals surface area (Å²) in [5.74, 6) is 1.36. The molecule has 1 atom stereocenters. The van der Waals surface area contributed by atoms with Crippen LogP contribution in [0.15, 0.2) is 65.6 Å². The van der Waals surface area contributed by atoms with E-state index in [9.17, 15) is 4.79 Å². The molecule has 1 saturated heterocycles. The summed E-state index contributed by atoms with van der Waals surface area (Å²) in [5, 5.41) is 0.908. The van der Waals surface area contributed by atoms with Gasteiger partial charge in [-0.2, -0.15) is 0 Å². The van der Waals surface area contributed by atoms with Gasteiger partial charge in [-0.05, 0) is 42.3 Å². The topological polar surface area (TPSA) is 29.5 Å². The van der Waals surface area contributed by atoms with Crippen molar-refractivity contribution in [2.75, 3.05) is 0 Å². The van der Waals surface area contributed by atoms with Gasteiger partial charge < -0.3 is 4.74 Å². The summed E-state index contributed by atoms with van der Waals surface area (Å²) < 4.78 is 6.69. The third-order valence-corrected chi connectivity index (χ3v) is 7.36. The zero-order valence-electron chi connectivity index (χ0n) is 16.3. The number of thioether (sulfide) groups is 1. The number of benzene rings is 3. The molecule has 0 bridgehead atoms. The Balaban J connectivity index is 1.60. The monoisotopic (exact) mass is 483 g/mol. The molecule has 1 amide bonds. The average Bonchev–Trinajstić information content (AvgIpc) is 3.02. The van der Waals surface area contributed by atoms with Crippen LogP contribution >= 0.6 is 47.2 Å². The summed E-state index contributed by atoms with van der Waals surface area (Å²) >= 11 is 19.1. The van der Waals surface area contributed by atoms with Crippen LogP contribution in [0.3, 0.4) is 0 Å². The van der Waals surface area contributed by atoms with Crippen molar-refractivity contribution in [1.29, 1.82) is 0 Å². The van der Waals surface area contributed by atoms with Crippen LogP contribution in [0.2, 0.25) is 10.0 Å². The molecule has 7 heteroatoms. The standard InChI is InChI=1S/C24H15Cl2NO2S2/c1-13-5-4-7-16-21(15-6-2-3-8-19(15)29-22(13)16)27-23(28)20(31-24(27)30)12-14-9-10-17(25)18(26)11-14/h2-12,21H,1H3/b20-12-/t21-/m1/s1. The quantitative estimate of drug-likeness (QED) is 0.280. The molecule has 0 aromatic heterocycles. The molecule has 2 aliphatic rings. The van der Waals surface area contributed by atoms with Crippen molar-refractivity contribution >= 4 is 63.5 Å². The zero-order chi connectivity index (χ0) is 21.7. The number of nitrogens with zero attached hydrogens (tertiary/aromatic N) is 1. The largest absolute Gasteiger partial charge is 0.456 e. The first kappa shape index (κ1) is 20.6. The molecule has 2 aliphatic heterocycles. The number of carbonyl (C=O) groups is 1.